The number of aromatic nitrogens is 2. The van der Waals surface area contributed by atoms with Crippen molar-refractivity contribution in [3.05, 3.63) is 40.9 Å². The molecule has 0 unspecified atom stereocenters. The van der Waals surface area contributed by atoms with Gasteiger partial charge < -0.3 is 4.74 Å². The first kappa shape index (κ1) is 10.5. The zero-order valence-electron chi connectivity index (χ0n) is 9.14. The Balaban J connectivity index is 2.47. The standard InChI is InChI=1S/C13H9BrN2O/c1-17-12-7-8(14)6-11-13(12)16-10-5-3-2-4-9(10)15-11/h2-7H,1H3. The van der Waals surface area contributed by atoms with Gasteiger partial charge in [-0.15, -0.1) is 0 Å². The van der Waals surface area contributed by atoms with Crippen LogP contribution in [0.3, 0.4) is 0 Å². The minimum atomic E-state index is 0.729. The van der Waals surface area contributed by atoms with Crippen LogP contribution >= 0.6 is 15.9 Å². The van der Waals surface area contributed by atoms with Crippen molar-refractivity contribution < 1.29 is 4.74 Å². The molecule has 3 aromatic rings. The molecule has 84 valence electrons. The average Bonchev–Trinajstić information content (AvgIpc) is 2.35. The molecular weight excluding hydrogens is 280 g/mol. The Bertz CT molecular complexity index is 712. The maximum Gasteiger partial charge on any atom is 0.147 e. The Labute approximate surface area is 107 Å². The fraction of sp³-hybridized carbons (Fsp3) is 0.0769. The molecule has 0 spiro atoms. The Morgan fingerprint density at radius 3 is 2.41 bits per heavy atom. The van der Waals surface area contributed by atoms with E-state index in [0.29, 0.717) is 0 Å². The molecular formula is C13H9BrN2O. The predicted octanol–water partition coefficient (Wildman–Crippen LogP) is 3.55. The summed E-state index contributed by atoms with van der Waals surface area (Å²) in [6.45, 7) is 0. The van der Waals surface area contributed by atoms with Crippen LogP contribution in [0, 0.1) is 0 Å². The molecule has 0 saturated carbocycles. The van der Waals surface area contributed by atoms with Crippen molar-refractivity contribution in [3.8, 4) is 5.75 Å². The van der Waals surface area contributed by atoms with Gasteiger partial charge in [0.15, 0.2) is 0 Å². The maximum atomic E-state index is 5.32. The van der Waals surface area contributed by atoms with Gasteiger partial charge in [-0.25, -0.2) is 9.97 Å². The molecule has 2 aromatic carbocycles. The summed E-state index contributed by atoms with van der Waals surface area (Å²) in [4.78, 5) is 9.16. The molecule has 0 saturated heterocycles. The van der Waals surface area contributed by atoms with E-state index in [9.17, 15) is 0 Å². The van der Waals surface area contributed by atoms with Gasteiger partial charge in [0, 0.05) is 4.47 Å². The molecule has 3 nitrogen and oxygen atoms in total. The number of para-hydroxylation sites is 2. The van der Waals surface area contributed by atoms with Crippen molar-refractivity contribution in [2.45, 2.75) is 0 Å². The van der Waals surface area contributed by atoms with Crippen molar-refractivity contribution in [1.29, 1.82) is 0 Å². The van der Waals surface area contributed by atoms with Crippen molar-refractivity contribution in [2.24, 2.45) is 0 Å². The summed E-state index contributed by atoms with van der Waals surface area (Å²) >= 11 is 3.44. The van der Waals surface area contributed by atoms with Crippen molar-refractivity contribution in [3.63, 3.8) is 0 Å². The molecule has 3 rings (SSSR count). The van der Waals surface area contributed by atoms with E-state index >= 15 is 0 Å². The third-order valence-electron chi connectivity index (χ3n) is 2.59. The first-order valence-corrected chi connectivity index (χ1v) is 5.97. The van der Waals surface area contributed by atoms with Crippen LogP contribution in [0.1, 0.15) is 0 Å². The molecule has 0 N–H and O–H groups in total. The highest BCUT2D eigenvalue weighted by atomic mass is 79.9. The number of methoxy groups -OCH3 is 1. The van der Waals surface area contributed by atoms with Crippen LogP contribution in [0.5, 0.6) is 5.75 Å². The fourth-order valence-electron chi connectivity index (χ4n) is 1.82. The first-order valence-electron chi connectivity index (χ1n) is 5.18. The number of halogens is 1. The first-order chi connectivity index (χ1) is 8.28. The lowest BCUT2D eigenvalue weighted by atomic mass is 10.2. The van der Waals surface area contributed by atoms with Gasteiger partial charge in [-0.3, -0.25) is 0 Å². The van der Waals surface area contributed by atoms with E-state index in [1.165, 1.54) is 0 Å². The summed E-state index contributed by atoms with van der Waals surface area (Å²) in [5, 5.41) is 0. The molecule has 17 heavy (non-hydrogen) atoms. The minimum absolute atomic E-state index is 0.729. The van der Waals surface area contributed by atoms with Crippen LogP contribution in [0.25, 0.3) is 22.1 Å². The molecule has 0 amide bonds. The van der Waals surface area contributed by atoms with E-state index in [4.69, 9.17) is 4.74 Å². The highest BCUT2D eigenvalue weighted by Crippen LogP contribution is 2.28. The van der Waals surface area contributed by atoms with Gasteiger partial charge in [0.1, 0.15) is 11.3 Å². The zero-order valence-corrected chi connectivity index (χ0v) is 10.7. The van der Waals surface area contributed by atoms with Crippen molar-refractivity contribution >= 4 is 38.0 Å². The third-order valence-corrected chi connectivity index (χ3v) is 3.05. The summed E-state index contributed by atoms with van der Waals surface area (Å²) in [6.07, 6.45) is 0. The normalized spacial score (nSPS) is 10.9. The molecule has 0 bridgehead atoms. The van der Waals surface area contributed by atoms with Crippen LogP contribution in [0.4, 0.5) is 0 Å². The van der Waals surface area contributed by atoms with Gasteiger partial charge in [-0.1, -0.05) is 28.1 Å². The SMILES string of the molecule is COc1cc(Br)cc2nc3ccccc3nc12. The molecule has 4 heteroatoms. The molecule has 1 aromatic heterocycles. The molecule has 0 atom stereocenters. The number of fused-ring (bicyclic) bond motifs is 2. The van der Waals surface area contributed by atoms with Crippen molar-refractivity contribution in [2.75, 3.05) is 7.11 Å². The minimum Gasteiger partial charge on any atom is -0.494 e. The number of ether oxygens (including phenoxy) is 1. The van der Waals surface area contributed by atoms with E-state index in [2.05, 4.69) is 25.9 Å². The molecule has 0 aliphatic carbocycles. The molecule has 1 heterocycles. The number of benzene rings is 2. The lowest BCUT2D eigenvalue weighted by Gasteiger charge is -2.06. The topological polar surface area (TPSA) is 35.0 Å². The summed E-state index contributed by atoms with van der Waals surface area (Å²) in [5.41, 5.74) is 3.38. The molecule has 0 radical (unpaired) electrons. The number of hydrogen-bond donors (Lipinski definition) is 0. The molecule has 0 aliphatic rings. The molecule has 0 aliphatic heterocycles. The fourth-order valence-corrected chi connectivity index (χ4v) is 2.24. The lowest BCUT2D eigenvalue weighted by Crippen LogP contribution is -1.91. The van der Waals surface area contributed by atoms with Gasteiger partial charge in [0.2, 0.25) is 0 Å². The number of rotatable bonds is 1. The Kier molecular flexibility index (Phi) is 2.44. The molecule has 0 fully saturated rings. The summed E-state index contributed by atoms with van der Waals surface area (Å²) < 4.78 is 6.26. The van der Waals surface area contributed by atoms with Crippen LogP contribution in [-0.4, -0.2) is 17.1 Å². The highest BCUT2D eigenvalue weighted by molar-refractivity contribution is 9.10. The lowest BCUT2D eigenvalue weighted by molar-refractivity contribution is 0.418. The largest absolute Gasteiger partial charge is 0.494 e. The zero-order chi connectivity index (χ0) is 11.8. The number of nitrogens with zero attached hydrogens (tertiary/aromatic N) is 2. The summed E-state index contributed by atoms with van der Waals surface area (Å²) in [7, 11) is 1.64. The number of hydrogen-bond acceptors (Lipinski definition) is 3. The predicted molar refractivity (Wildman–Crippen MR) is 71.3 cm³/mol. The monoisotopic (exact) mass is 288 g/mol. The smallest absolute Gasteiger partial charge is 0.147 e. The Morgan fingerprint density at radius 1 is 1.00 bits per heavy atom. The van der Waals surface area contributed by atoms with Gasteiger partial charge in [-0.2, -0.15) is 0 Å². The van der Waals surface area contributed by atoms with E-state index in [0.717, 1.165) is 32.3 Å². The van der Waals surface area contributed by atoms with E-state index in [1.807, 2.05) is 36.4 Å². The Morgan fingerprint density at radius 2 is 1.71 bits per heavy atom. The second-order valence-electron chi connectivity index (χ2n) is 3.69. The van der Waals surface area contributed by atoms with Crippen LogP contribution < -0.4 is 4.74 Å². The Hall–Kier alpha value is -1.68. The van der Waals surface area contributed by atoms with E-state index < -0.39 is 0 Å². The van der Waals surface area contributed by atoms with Crippen LogP contribution in [-0.2, 0) is 0 Å². The average molecular weight is 289 g/mol. The second-order valence-corrected chi connectivity index (χ2v) is 4.60. The van der Waals surface area contributed by atoms with E-state index in [1.54, 1.807) is 7.11 Å². The van der Waals surface area contributed by atoms with Gasteiger partial charge in [0.25, 0.3) is 0 Å². The second kappa shape index (κ2) is 3.96. The highest BCUT2D eigenvalue weighted by Gasteiger charge is 2.07. The summed E-state index contributed by atoms with van der Waals surface area (Å²) in [5.74, 6) is 0.729. The maximum absolute atomic E-state index is 5.32. The van der Waals surface area contributed by atoms with Gasteiger partial charge in [-0.05, 0) is 24.3 Å². The van der Waals surface area contributed by atoms with Crippen LogP contribution in [0.2, 0.25) is 0 Å². The van der Waals surface area contributed by atoms with E-state index in [-0.39, 0.29) is 0 Å². The summed E-state index contributed by atoms with van der Waals surface area (Å²) in [6, 6.07) is 11.6. The van der Waals surface area contributed by atoms with Crippen molar-refractivity contribution in [1.82, 2.24) is 9.97 Å². The van der Waals surface area contributed by atoms with Crippen LogP contribution in [0.15, 0.2) is 40.9 Å². The van der Waals surface area contributed by atoms with Gasteiger partial charge in [0.05, 0.1) is 23.7 Å². The van der Waals surface area contributed by atoms with Gasteiger partial charge >= 0.3 is 0 Å². The third kappa shape index (κ3) is 1.74. The quantitative estimate of drug-likeness (QED) is 0.642.